The first-order valence-corrected chi connectivity index (χ1v) is 9.66. The number of sulfonamides is 1. The number of hydrogen-bond donors (Lipinski definition) is 1. The van der Waals surface area contributed by atoms with E-state index in [1.165, 1.54) is 0 Å². The molecule has 0 unspecified atom stereocenters. The molecule has 1 heterocycles. The number of carbonyl (C=O) groups is 1. The highest BCUT2D eigenvalue weighted by molar-refractivity contribution is 7.89. The number of amides is 1. The summed E-state index contributed by atoms with van der Waals surface area (Å²) in [6.07, 6.45) is 2.14. The number of nitrogens with zero attached hydrogens (tertiary/aromatic N) is 1. The number of fused-ring (bicyclic) bond motifs is 1. The zero-order valence-electron chi connectivity index (χ0n) is 14.3. The van der Waals surface area contributed by atoms with Gasteiger partial charge in [-0.2, -0.15) is 0 Å². The molecule has 6 heteroatoms. The van der Waals surface area contributed by atoms with Crippen molar-refractivity contribution in [3.8, 4) is 0 Å². The smallest absolute Gasteiger partial charge is 0.240 e. The zero-order chi connectivity index (χ0) is 17.3. The number of rotatable bonds is 6. The number of hydrogen-bond acceptors (Lipinski definition) is 3. The van der Waals surface area contributed by atoms with Crippen molar-refractivity contribution in [3.05, 3.63) is 23.8 Å². The Morgan fingerprint density at radius 2 is 1.96 bits per heavy atom. The summed E-state index contributed by atoms with van der Waals surface area (Å²) < 4.78 is 27.5. The van der Waals surface area contributed by atoms with Gasteiger partial charge in [0.15, 0.2) is 0 Å². The Balaban J connectivity index is 2.43. The summed E-state index contributed by atoms with van der Waals surface area (Å²) in [7, 11) is -3.51. The number of carbonyl (C=O) groups excluding carboxylic acids is 1. The molecule has 1 N–H and O–H groups in total. The molecule has 0 fully saturated rings. The van der Waals surface area contributed by atoms with Crippen LogP contribution in [0.2, 0.25) is 0 Å². The maximum Gasteiger partial charge on any atom is 0.240 e. The summed E-state index contributed by atoms with van der Waals surface area (Å²) in [4.78, 5) is 14.2. The Kier molecular flexibility index (Phi) is 5.16. The van der Waals surface area contributed by atoms with Gasteiger partial charge in [-0.25, -0.2) is 13.1 Å². The van der Waals surface area contributed by atoms with Gasteiger partial charge >= 0.3 is 0 Å². The van der Waals surface area contributed by atoms with Gasteiger partial charge in [0.2, 0.25) is 15.9 Å². The zero-order valence-corrected chi connectivity index (χ0v) is 15.2. The lowest BCUT2D eigenvalue weighted by molar-refractivity contribution is -0.120. The Hall–Kier alpha value is -1.40. The van der Waals surface area contributed by atoms with E-state index in [1.807, 2.05) is 27.7 Å². The summed E-state index contributed by atoms with van der Waals surface area (Å²) in [6.45, 7) is 8.94. The maximum atomic E-state index is 12.4. The molecule has 0 atom stereocenters. The fraction of sp³-hybridized carbons (Fsp3) is 0.588. The van der Waals surface area contributed by atoms with Crippen LogP contribution < -0.4 is 9.62 Å². The molecule has 0 saturated heterocycles. The van der Waals surface area contributed by atoms with Crippen LogP contribution in [0.1, 0.15) is 52.5 Å². The summed E-state index contributed by atoms with van der Waals surface area (Å²) in [5.74, 6) is 0.0849. The van der Waals surface area contributed by atoms with Crippen LogP contribution in [0, 0.1) is 0 Å². The van der Waals surface area contributed by atoms with E-state index in [2.05, 4.69) is 4.72 Å². The largest absolute Gasteiger partial charge is 0.312 e. The first kappa shape index (κ1) is 17.9. The quantitative estimate of drug-likeness (QED) is 0.811. The van der Waals surface area contributed by atoms with Gasteiger partial charge in [-0.1, -0.05) is 27.2 Å². The van der Waals surface area contributed by atoms with Crippen LogP contribution in [-0.4, -0.2) is 27.4 Å². The lowest BCUT2D eigenvalue weighted by Crippen LogP contribution is -2.42. The normalized spacial score (nSPS) is 17.2. The Bertz CT molecular complexity index is 696. The molecule has 0 aromatic heterocycles. The first-order chi connectivity index (χ1) is 10.7. The van der Waals surface area contributed by atoms with Gasteiger partial charge < -0.3 is 4.90 Å². The van der Waals surface area contributed by atoms with Crippen molar-refractivity contribution in [2.45, 2.75) is 57.3 Å². The summed E-state index contributed by atoms with van der Waals surface area (Å²) >= 11 is 0. The maximum absolute atomic E-state index is 12.4. The lowest BCUT2D eigenvalue weighted by atomic mass is 9.77. The molecule has 0 spiro atoms. The van der Waals surface area contributed by atoms with Gasteiger partial charge in [-0.15, -0.1) is 0 Å². The topological polar surface area (TPSA) is 66.5 Å². The van der Waals surface area contributed by atoms with Crippen molar-refractivity contribution in [3.63, 3.8) is 0 Å². The highest BCUT2D eigenvalue weighted by atomic mass is 32.2. The second-order valence-corrected chi connectivity index (χ2v) is 8.40. The van der Waals surface area contributed by atoms with Crippen molar-refractivity contribution in [2.24, 2.45) is 0 Å². The van der Waals surface area contributed by atoms with Crippen LogP contribution in [-0.2, 0) is 20.2 Å². The van der Waals surface area contributed by atoms with Crippen LogP contribution in [0.4, 0.5) is 5.69 Å². The van der Waals surface area contributed by atoms with Crippen LogP contribution in [0.25, 0.3) is 0 Å². The van der Waals surface area contributed by atoms with E-state index in [9.17, 15) is 13.2 Å². The molecule has 1 aromatic carbocycles. The van der Waals surface area contributed by atoms with E-state index < -0.39 is 10.0 Å². The summed E-state index contributed by atoms with van der Waals surface area (Å²) in [5, 5.41) is 0. The Labute approximate surface area is 139 Å². The van der Waals surface area contributed by atoms with Crippen molar-refractivity contribution in [1.29, 1.82) is 0 Å². The lowest BCUT2D eigenvalue weighted by Gasteiger charge is -2.38. The fourth-order valence-corrected chi connectivity index (χ4v) is 4.08. The SMILES string of the molecule is CCCCNS(=O)(=O)c1ccc2c(c1)C(C)(C)CC(=O)N2CC. The van der Waals surface area contributed by atoms with Crippen LogP contribution >= 0.6 is 0 Å². The average Bonchev–Trinajstić information content (AvgIpc) is 2.46. The molecule has 0 aliphatic carbocycles. The predicted molar refractivity (Wildman–Crippen MR) is 92.2 cm³/mol. The molecule has 0 radical (unpaired) electrons. The molecule has 0 saturated carbocycles. The monoisotopic (exact) mass is 338 g/mol. The van der Waals surface area contributed by atoms with E-state index in [0.717, 1.165) is 24.1 Å². The fourth-order valence-electron chi connectivity index (χ4n) is 2.98. The number of benzene rings is 1. The number of anilines is 1. The molecule has 1 amide bonds. The third-order valence-electron chi connectivity index (χ3n) is 4.33. The second kappa shape index (κ2) is 6.61. The van der Waals surface area contributed by atoms with Crippen molar-refractivity contribution in [1.82, 2.24) is 4.72 Å². The molecule has 128 valence electrons. The minimum Gasteiger partial charge on any atom is -0.312 e. The molecule has 1 aliphatic rings. The number of nitrogens with one attached hydrogen (secondary N) is 1. The predicted octanol–water partition coefficient (Wildman–Crippen LogP) is 2.80. The third kappa shape index (κ3) is 3.58. The van der Waals surface area contributed by atoms with Crippen LogP contribution in [0.15, 0.2) is 23.1 Å². The molecule has 1 aliphatic heterocycles. The first-order valence-electron chi connectivity index (χ1n) is 8.17. The Morgan fingerprint density at radius 3 is 2.57 bits per heavy atom. The molecule has 23 heavy (non-hydrogen) atoms. The molecule has 0 bridgehead atoms. The van der Waals surface area contributed by atoms with Gasteiger partial charge in [0, 0.05) is 30.6 Å². The minimum absolute atomic E-state index is 0.0849. The minimum atomic E-state index is -3.51. The van der Waals surface area contributed by atoms with Gasteiger partial charge in [0.25, 0.3) is 0 Å². The van der Waals surface area contributed by atoms with Crippen molar-refractivity contribution >= 4 is 21.6 Å². The van der Waals surface area contributed by atoms with Gasteiger partial charge in [0.05, 0.1) is 4.90 Å². The highest BCUT2D eigenvalue weighted by Crippen LogP contribution is 2.41. The third-order valence-corrected chi connectivity index (χ3v) is 5.79. The van der Waals surface area contributed by atoms with Crippen molar-refractivity contribution in [2.75, 3.05) is 18.0 Å². The highest BCUT2D eigenvalue weighted by Gasteiger charge is 2.36. The standard InChI is InChI=1S/C17H26N2O3S/c1-5-7-10-18-23(21,22)13-8-9-15-14(11-13)17(3,4)12-16(20)19(15)6-2/h8-9,11,18H,5-7,10,12H2,1-4H3. The van der Waals surface area contributed by atoms with E-state index in [-0.39, 0.29) is 16.2 Å². The second-order valence-electron chi connectivity index (χ2n) is 6.63. The van der Waals surface area contributed by atoms with Crippen molar-refractivity contribution < 1.29 is 13.2 Å². The summed E-state index contributed by atoms with van der Waals surface area (Å²) in [5.41, 5.74) is 1.37. The van der Waals surface area contributed by atoms with Gasteiger partial charge in [0.1, 0.15) is 0 Å². The summed E-state index contributed by atoms with van der Waals surface area (Å²) in [6, 6.07) is 5.06. The molecule has 2 rings (SSSR count). The average molecular weight is 338 g/mol. The van der Waals surface area contributed by atoms with E-state index in [0.29, 0.717) is 19.5 Å². The molecule has 1 aromatic rings. The Morgan fingerprint density at radius 1 is 1.26 bits per heavy atom. The molecule has 5 nitrogen and oxygen atoms in total. The van der Waals surface area contributed by atoms with E-state index in [1.54, 1.807) is 23.1 Å². The van der Waals surface area contributed by atoms with Crippen LogP contribution in [0.5, 0.6) is 0 Å². The number of unbranched alkanes of at least 4 members (excludes halogenated alkanes) is 1. The van der Waals surface area contributed by atoms with Gasteiger partial charge in [-0.05, 0) is 37.1 Å². The molecular formula is C17H26N2O3S. The molecular weight excluding hydrogens is 312 g/mol. The van der Waals surface area contributed by atoms with Gasteiger partial charge in [-0.3, -0.25) is 4.79 Å². The van der Waals surface area contributed by atoms with E-state index in [4.69, 9.17) is 0 Å². The van der Waals surface area contributed by atoms with E-state index >= 15 is 0 Å². The van der Waals surface area contributed by atoms with Crippen LogP contribution in [0.3, 0.4) is 0 Å².